The first-order valence-corrected chi connectivity index (χ1v) is 9.25. The first-order valence-electron chi connectivity index (χ1n) is 7.43. The number of rotatable bonds is 7. The van der Waals surface area contributed by atoms with Gasteiger partial charge in [0, 0.05) is 24.1 Å². The van der Waals surface area contributed by atoms with Gasteiger partial charge in [-0.25, -0.2) is 0 Å². The number of nitrogens with zero attached hydrogens (tertiary/aromatic N) is 1. The molecule has 0 aromatic heterocycles. The van der Waals surface area contributed by atoms with Crippen LogP contribution in [0.15, 0.2) is 24.3 Å². The van der Waals surface area contributed by atoms with Crippen LogP contribution in [0.2, 0.25) is 0 Å². The van der Waals surface area contributed by atoms with Crippen LogP contribution in [0.3, 0.4) is 0 Å². The molecule has 0 spiro atoms. The summed E-state index contributed by atoms with van der Waals surface area (Å²) in [5.41, 5.74) is 0.683. The van der Waals surface area contributed by atoms with E-state index < -0.39 is 10.1 Å². The molecule has 0 bridgehead atoms. The van der Waals surface area contributed by atoms with Crippen molar-refractivity contribution in [2.45, 2.75) is 46.7 Å². The maximum absolute atomic E-state index is 12.4. The lowest BCUT2D eigenvalue weighted by Crippen LogP contribution is -2.40. The topological polar surface area (TPSA) is 63.7 Å². The van der Waals surface area contributed by atoms with E-state index in [9.17, 15) is 13.2 Å². The van der Waals surface area contributed by atoms with Crippen LogP contribution in [0.4, 0.5) is 0 Å². The second kappa shape index (κ2) is 7.63. The molecule has 1 aromatic carbocycles. The molecule has 0 unspecified atom stereocenters. The van der Waals surface area contributed by atoms with Crippen molar-refractivity contribution in [1.82, 2.24) is 4.90 Å². The van der Waals surface area contributed by atoms with Gasteiger partial charge in [-0.3, -0.25) is 4.79 Å². The Bertz CT molecular complexity index is 610. The quantitative estimate of drug-likeness (QED) is 0.722. The van der Waals surface area contributed by atoms with Crippen molar-refractivity contribution in [2.24, 2.45) is 5.92 Å². The fraction of sp³-hybridized carbons (Fsp3) is 0.562. The summed E-state index contributed by atoms with van der Waals surface area (Å²) in [6.07, 6.45) is 1.84. The number of carbonyl (C=O) groups excluding carboxylic acids is 1. The molecule has 0 aliphatic rings. The Labute approximate surface area is 133 Å². The zero-order valence-electron chi connectivity index (χ0n) is 13.9. The highest BCUT2D eigenvalue weighted by Gasteiger charge is 2.23. The molecular formula is C16H25NO4S. The van der Waals surface area contributed by atoms with Gasteiger partial charge >= 0.3 is 10.1 Å². The molecule has 1 atom stereocenters. The molecule has 1 amide bonds. The summed E-state index contributed by atoms with van der Waals surface area (Å²) in [5, 5.41) is 0. The van der Waals surface area contributed by atoms with Gasteiger partial charge in [0.2, 0.25) is 5.91 Å². The summed E-state index contributed by atoms with van der Waals surface area (Å²) in [7, 11) is -3.60. The van der Waals surface area contributed by atoms with E-state index in [4.69, 9.17) is 4.18 Å². The van der Waals surface area contributed by atoms with Crippen molar-refractivity contribution >= 4 is 16.0 Å². The number of amides is 1. The Balaban J connectivity index is 3.11. The lowest BCUT2D eigenvalue weighted by atomic mass is 10.1. The highest BCUT2D eigenvalue weighted by atomic mass is 32.2. The standard InChI is InChI=1S/C16H25NO4S/c1-6-13(4)17(16(18)12(2)3)11-14-9-7-8-10-15(14)21-22(5,19)20/h7-10,12-13H,6,11H2,1-5H3/t13-/m0/s1. The van der Waals surface area contributed by atoms with Gasteiger partial charge in [0.15, 0.2) is 0 Å². The third kappa shape index (κ3) is 5.33. The molecule has 1 rings (SSSR count). The Kier molecular flexibility index (Phi) is 6.41. The molecular weight excluding hydrogens is 302 g/mol. The zero-order valence-corrected chi connectivity index (χ0v) is 14.7. The maximum Gasteiger partial charge on any atom is 0.306 e. The van der Waals surface area contributed by atoms with Crippen LogP contribution in [0.5, 0.6) is 5.75 Å². The van der Waals surface area contributed by atoms with Gasteiger partial charge in [-0.1, -0.05) is 39.0 Å². The van der Waals surface area contributed by atoms with Crippen LogP contribution in [-0.4, -0.2) is 31.5 Å². The third-order valence-electron chi connectivity index (χ3n) is 3.45. The van der Waals surface area contributed by atoms with Crippen LogP contribution in [0.1, 0.15) is 39.7 Å². The molecule has 0 fully saturated rings. The third-order valence-corrected chi connectivity index (χ3v) is 3.94. The molecule has 22 heavy (non-hydrogen) atoms. The Morgan fingerprint density at radius 3 is 2.32 bits per heavy atom. The van der Waals surface area contributed by atoms with E-state index in [1.165, 1.54) is 0 Å². The summed E-state index contributed by atoms with van der Waals surface area (Å²) in [5.74, 6) is 0.204. The van der Waals surface area contributed by atoms with Crippen LogP contribution in [0.25, 0.3) is 0 Å². The largest absolute Gasteiger partial charge is 0.382 e. The van der Waals surface area contributed by atoms with Gasteiger partial charge < -0.3 is 9.08 Å². The normalized spacial score (nSPS) is 13.0. The molecule has 0 N–H and O–H groups in total. The molecule has 0 radical (unpaired) electrons. The summed E-state index contributed by atoms with van der Waals surface area (Å²) in [4.78, 5) is 14.2. The molecule has 124 valence electrons. The van der Waals surface area contributed by atoms with E-state index in [-0.39, 0.29) is 23.6 Å². The number of carbonyl (C=O) groups is 1. The summed E-state index contributed by atoms with van der Waals surface area (Å²) >= 11 is 0. The average Bonchev–Trinajstić information content (AvgIpc) is 2.43. The Hall–Kier alpha value is -1.56. The minimum atomic E-state index is -3.60. The fourth-order valence-corrected chi connectivity index (χ4v) is 2.55. The highest BCUT2D eigenvalue weighted by Crippen LogP contribution is 2.23. The number of benzene rings is 1. The predicted molar refractivity (Wildman–Crippen MR) is 87.1 cm³/mol. The van der Waals surface area contributed by atoms with Gasteiger partial charge in [-0.2, -0.15) is 8.42 Å². The zero-order chi connectivity index (χ0) is 16.9. The van der Waals surface area contributed by atoms with E-state index in [0.29, 0.717) is 12.1 Å². The lowest BCUT2D eigenvalue weighted by Gasteiger charge is -2.30. The fourth-order valence-electron chi connectivity index (χ4n) is 2.07. The number of hydrogen-bond acceptors (Lipinski definition) is 4. The van der Waals surface area contributed by atoms with E-state index in [1.54, 1.807) is 29.2 Å². The van der Waals surface area contributed by atoms with Crippen molar-refractivity contribution in [1.29, 1.82) is 0 Å². The predicted octanol–water partition coefficient (Wildman–Crippen LogP) is 2.81. The van der Waals surface area contributed by atoms with Crippen molar-refractivity contribution < 1.29 is 17.4 Å². The first kappa shape index (κ1) is 18.5. The van der Waals surface area contributed by atoms with Gasteiger partial charge in [0.25, 0.3) is 0 Å². The van der Waals surface area contributed by atoms with E-state index >= 15 is 0 Å². The van der Waals surface area contributed by atoms with E-state index in [1.807, 2.05) is 27.7 Å². The first-order chi connectivity index (χ1) is 10.2. The van der Waals surface area contributed by atoms with Crippen LogP contribution in [0, 0.1) is 5.92 Å². The van der Waals surface area contributed by atoms with Crippen LogP contribution < -0.4 is 4.18 Å². The van der Waals surface area contributed by atoms with Crippen molar-refractivity contribution in [3.05, 3.63) is 29.8 Å². The molecule has 0 aliphatic carbocycles. The molecule has 0 heterocycles. The Morgan fingerprint density at radius 1 is 1.23 bits per heavy atom. The molecule has 0 saturated heterocycles. The minimum absolute atomic E-state index is 0.0449. The molecule has 0 saturated carbocycles. The van der Waals surface area contributed by atoms with Crippen LogP contribution >= 0.6 is 0 Å². The smallest absolute Gasteiger partial charge is 0.306 e. The van der Waals surface area contributed by atoms with Gasteiger partial charge in [-0.05, 0) is 19.4 Å². The molecule has 5 nitrogen and oxygen atoms in total. The van der Waals surface area contributed by atoms with Crippen LogP contribution in [-0.2, 0) is 21.5 Å². The summed E-state index contributed by atoms with van der Waals surface area (Å²) < 4.78 is 27.8. The second-order valence-electron chi connectivity index (χ2n) is 5.77. The van der Waals surface area contributed by atoms with Crippen molar-refractivity contribution in [2.75, 3.05) is 6.26 Å². The van der Waals surface area contributed by atoms with Gasteiger partial charge in [0.05, 0.1) is 6.26 Å². The molecule has 6 heteroatoms. The van der Waals surface area contributed by atoms with Crippen molar-refractivity contribution in [3.63, 3.8) is 0 Å². The SMILES string of the molecule is CC[C@H](C)N(Cc1ccccc1OS(C)(=O)=O)C(=O)C(C)C. The minimum Gasteiger partial charge on any atom is -0.382 e. The Morgan fingerprint density at radius 2 is 1.82 bits per heavy atom. The second-order valence-corrected chi connectivity index (χ2v) is 7.35. The maximum atomic E-state index is 12.4. The average molecular weight is 327 g/mol. The number of para-hydroxylation sites is 1. The van der Waals surface area contributed by atoms with Crippen molar-refractivity contribution in [3.8, 4) is 5.75 Å². The van der Waals surface area contributed by atoms with E-state index in [0.717, 1.165) is 12.7 Å². The lowest BCUT2D eigenvalue weighted by molar-refractivity contribution is -0.137. The monoisotopic (exact) mass is 327 g/mol. The van der Waals surface area contributed by atoms with Gasteiger partial charge in [0.1, 0.15) is 5.75 Å². The number of hydrogen-bond donors (Lipinski definition) is 0. The molecule has 0 aliphatic heterocycles. The molecule has 1 aromatic rings. The van der Waals surface area contributed by atoms with Gasteiger partial charge in [-0.15, -0.1) is 0 Å². The summed E-state index contributed by atoms with van der Waals surface area (Å²) in [6, 6.07) is 6.97. The summed E-state index contributed by atoms with van der Waals surface area (Å²) in [6.45, 7) is 8.05. The van der Waals surface area contributed by atoms with E-state index in [2.05, 4.69) is 0 Å². The highest BCUT2D eigenvalue weighted by molar-refractivity contribution is 7.86.